The first kappa shape index (κ1) is 10.6. The third-order valence-electron chi connectivity index (χ3n) is 2.05. The van der Waals surface area contributed by atoms with E-state index in [9.17, 15) is 4.79 Å². The molecule has 76 valence electrons. The lowest BCUT2D eigenvalue weighted by atomic mass is 10.0. The molecule has 3 heteroatoms. The second kappa shape index (κ2) is 4.65. The fourth-order valence-electron chi connectivity index (χ4n) is 1.40. The smallest absolute Gasteiger partial charge is 0.338 e. The molecule has 3 nitrogen and oxygen atoms in total. The Balaban J connectivity index is 3.07. The minimum absolute atomic E-state index is 0.298. The fourth-order valence-corrected chi connectivity index (χ4v) is 1.40. The third-order valence-corrected chi connectivity index (χ3v) is 2.05. The topological polar surface area (TPSA) is 52.3 Å². The van der Waals surface area contributed by atoms with Gasteiger partial charge in [-0.25, -0.2) is 4.79 Å². The van der Waals surface area contributed by atoms with Gasteiger partial charge < -0.3 is 10.5 Å². The molecule has 0 radical (unpaired) electrons. The van der Waals surface area contributed by atoms with E-state index in [4.69, 9.17) is 5.73 Å². The van der Waals surface area contributed by atoms with Crippen molar-refractivity contribution >= 4 is 11.7 Å². The number of hydrogen-bond donors (Lipinski definition) is 1. The molecule has 1 aromatic rings. The van der Waals surface area contributed by atoms with Crippen LogP contribution in [0.15, 0.2) is 18.2 Å². The van der Waals surface area contributed by atoms with Crippen LogP contribution in [0.5, 0.6) is 0 Å². The second-order valence-corrected chi connectivity index (χ2v) is 3.16. The number of anilines is 1. The molecule has 0 spiro atoms. The van der Waals surface area contributed by atoms with E-state index in [0.29, 0.717) is 11.3 Å². The van der Waals surface area contributed by atoms with Gasteiger partial charge in [0.15, 0.2) is 0 Å². The van der Waals surface area contributed by atoms with Crippen LogP contribution in [0.1, 0.15) is 29.3 Å². The maximum Gasteiger partial charge on any atom is 0.338 e. The van der Waals surface area contributed by atoms with Crippen molar-refractivity contribution in [2.75, 3.05) is 12.8 Å². The summed E-state index contributed by atoms with van der Waals surface area (Å²) < 4.78 is 4.68. The van der Waals surface area contributed by atoms with E-state index in [2.05, 4.69) is 11.7 Å². The van der Waals surface area contributed by atoms with Gasteiger partial charge in [-0.1, -0.05) is 13.3 Å². The standard InChI is InChI=1S/C11H15NO2/c1-3-4-8-7-9(12)5-6-10(8)11(13)14-2/h5-7H,3-4,12H2,1-2H3. The SMILES string of the molecule is CCCc1cc(N)ccc1C(=O)OC. The van der Waals surface area contributed by atoms with E-state index < -0.39 is 0 Å². The van der Waals surface area contributed by atoms with Crippen molar-refractivity contribution < 1.29 is 9.53 Å². The highest BCUT2D eigenvalue weighted by Gasteiger charge is 2.10. The molecule has 0 unspecified atom stereocenters. The number of nitrogens with two attached hydrogens (primary N) is 1. The molecule has 1 rings (SSSR count). The summed E-state index contributed by atoms with van der Waals surface area (Å²) in [4.78, 5) is 11.4. The monoisotopic (exact) mass is 193 g/mol. The first-order chi connectivity index (χ1) is 6.69. The largest absolute Gasteiger partial charge is 0.465 e. The van der Waals surface area contributed by atoms with Gasteiger partial charge in [-0.3, -0.25) is 0 Å². The molecule has 0 saturated heterocycles. The van der Waals surface area contributed by atoms with E-state index in [0.717, 1.165) is 18.4 Å². The fraction of sp³-hybridized carbons (Fsp3) is 0.364. The number of carbonyl (C=O) groups is 1. The Hall–Kier alpha value is -1.51. The van der Waals surface area contributed by atoms with E-state index in [1.807, 2.05) is 6.07 Å². The van der Waals surface area contributed by atoms with Crippen LogP contribution in [-0.4, -0.2) is 13.1 Å². The van der Waals surface area contributed by atoms with Gasteiger partial charge in [0.05, 0.1) is 12.7 Å². The van der Waals surface area contributed by atoms with Crippen LogP contribution in [-0.2, 0) is 11.2 Å². The van der Waals surface area contributed by atoms with Gasteiger partial charge in [0, 0.05) is 5.69 Å². The lowest BCUT2D eigenvalue weighted by Crippen LogP contribution is -2.06. The first-order valence-electron chi connectivity index (χ1n) is 4.65. The van der Waals surface area contributed by atoms with E-state index in [-0.39, 0.29) is 5.97 Å². The molecule has 0 aliphatic carbocycles. The zero-order chi connectivity index (χ0) is 10.6. The average Bonchev–Trinajstić information content (AvgIpc) is 2.17. The Morgan fingerprint density at radius 3 is 2.79 bits per heavy atom. The van der Waals surface area contributed by atoms with Crippen molar-refractivity contribution in [3.63, 3.8) is 0 Å². The van der Waals surface area contributed by atoms with Crippen molar-refractivity contribution in [3.05, 3.63) is 29.3 Å². The van der Waals surface area contributed by atoms with E-state index >= 15 is 0 Å². The highest BCUT2D eigenvalue weighted by atomic mass is 16.5. The molecule has 2 N–H and O–H groups in total. The van der Waals surface area contributed by atoms with Crippen LogP contribution in [0.25, 0.3) is 0 Å². The van der Waals surface area contributed by atoms with Gasteiger partial charge >= 0.3 is 5.97 Å². The van der Waals surface area contributed by atoms with Crippen LogP contribution < -0.4 is 5.73 Å². The minimum atomic E-state index is -0.298. The average molecular weight is 193 g/mol. The normalized spacial score (nSPS) is 9.86. The number of benzene rings is 1. The molecule has 0 bridgehead atoms. The Kier molecular flexibility index (Phi) is 3.51. The van der Waals surface area contributed by atoms with Gasteiger partial charge in [0.2, 0.25) is 0 Å². The first-order valence-corrected chi connectivity index (χ1v) is 4.65. The molecule has 0 fully saturated rings. The van der Waals surface area contributed by atoms with Crippen LogP contribution in [0.4, 0.5) is 5.69 Å². The molecule has 0 atom stereocenters. The van der Waals surface area contributed by atoms with Crippen molar-refractivity contribution in [1.82, 2.24) is 0 Å². The molecule has 0 saturated carbocycles. The molecule has 0 aromatic heterocycles. The molecule has 0 aliphatic rings. The summed E-state index contributed by atoms with van der Waals surface area (Å²) in [5.41, 5.74) is 7.90. The lowest BCUT2D eigenvalue weighted by molar-refractivity contribution is 0.0599. The van der Waals surface area contributed by atoms with Crippen molar-refractivity contribution in [1.29, 1.82) is 0 Å². The van der Waals surface area contributed by atoms with Crippen LogP contribution >= 0.6 is 0 Å². The lowest BCUT2D eigenvalue weighted by Gasteiger charge is -2.07. The molecule has 14 heavy (non-hydrogen) atoms. The molecular weight excluding hydrogens is 178 g/mol. The number of hydrogen-bond acceptors (Lipinski definition) is 3. The second-order valence-electron chi connectivity index (χ2n) is 3.16. The van der Waals surface area contributed by atoms with Crippen molar-refractivity contribution in [2.24, 2.45) is 0 Å². The maximum absolute atomic E-state index is 11.4. The Morgan fingerprint density at radius 2 is 2.21 bits per heavy atom. The Morgan fingerprint density at radius 1 is 1.50 bits per heavy atom. The number of esters is 1. The highest BCUT2D eigenvalue weighted by Crippen LogP contribution is 2.16. The number of carbonyl (C=O) groups excluding carboxylic acids is 1. The Labute approximate surface area is 83.9 Å². The summed E-state index contributed by atoms with van der Waals surface area (Å²) >= 11 is 0. The van der Waals surface area contributed by atoms with Crippen LogP contribution in [0, 0.1) is 0 Å². The quantitative estimate of drug-likeness (QED) is 0.590. The van der Waals surface area contributed by atoms with Gasteiger partial charge in [-0.2, -0.15) is 0 Å². The zero-order valence-electron chi connectivity index (χ0n) is 8.54. The number of nitrogen functional groups attached to an aromatic ring is 1. The van der Waals surface area contributed by atoms with Gasteiger partial charge in [-0.05, 0) is 30.2 Å². The summed E-state index contributed by atoms with van der Waals surface area (Å²) in [5.74, 6) is -0.298. The minimum Gasteiger partial charge on any atom is -0.465 e. The van der Waals surface area contributed by atoms with Gasteiger partial charge in [0.1, 0.15) is 0 Å². The number of rotatable bonds is 3. The molecule has 1 aromatic carbocycles. The highest BCUT2D eigenvalue weighted by molar-refractivity contribution is 5.91. The van der Waals surface area contributed by atoms with Crippen LogP contribution in [0.2, 0.25) is 0 Å². The predicted molar refractivity (Wildman–Crippen MR) is 56.2 cm³/mol. The summed E-state index contributed by atoms with van der Waals surface area (Å²) in [6, 6.07) is 5.26. The Bertz CT molecular complexity index is 334. The van der Waals surface area contributed by atoms with Crippen molar-refractivity contribution in [2.45, 2.75) is 19.8 Å². The summed E-state index contributed by atoms with van der Waals surface area (Å²) in [6.07, 6.45) is 1.82. The number of ether oxygens (including phenoxy) is 1. The van der Waals surface area contributed by atoms with Crippen molar-refractivity contribution in [3.8, 4) is 0 Å². The molecule has 0 heterocycles. The third kappa shape index (κ3) is 2.25. The number of aryl methyl sites for hydroxylation is 1. The molecule has 0 amide bonds. The van der Waals surface area contributed by atoms with E-state index in [1.165, 1.54) is 7.11 Å². The summed E-state index contributed by atoms with van der Waals surface area (Å²) in [7, 11) is 1.38. The zero-order valence-corrected chi connectivity index (χ0v) is 8.54. The van der Waals surface area contributed by atoms with Gasteiger partial charge in [0.25, 0.3) is 0 Å². The molecule has 0 aliphatic heterocycles. The summed E-state index contributed by atoms with van der Waals surface area (Å²) in [6.45, 7) is 2.06. The maximum atomic E-state index is 11.4. The summed E-state index contributed by atoms with van der Waals surface area (Å²) in [5, 5.41) is 0. The predicted octanol–water partition coefficient (Wildman–Crippen LogP) is 2.01. The molecular formula is C11H15NO2. The number of methoxy groups -OCH3 is 1. The van der Waals surface area contributed by atoms with Crippen LogP contribution in [0.3, 0.4) is 0 Å². The van der Waals surface area contributed by atoms with Gasteiger partial charge in [-0.15, -0.1) is 0 Å². The van der Waals surface area contributed by atoms with E-state index in [1.54, 1.807) is 12.1 Å².